The van der Waals surface area contributed by atoms with E-state index in [1.807, 2.05) is 57.2 Å². The number of hydrogen-bond donors (Lipinski definition) is 1. The third-order valence-electron chi connectivity index (χ3n) is 4.30. The first-order valence-electron chi connectivity index (χ1n) is 9.16. The second-order valence-electron chi connectivity index (χ2n) is 7.15. The van der Waals surface area contributed by atoms with Gasteiger partial charge in [0.2, 0.25) is 11.8 Å². The highest BCUT2D eigenvalue weighted by atomic mass is 35.5. The lowest BCUT2D eigenvalue weighted by atomic mass is 10.1. The predicted octanol–water partition coefficient (Wildman–Crippen LogP) is 4.13. The van der Waals surface area contributed by atoms with Crippen LogP contribution in [0.5, 0.6) is 0 Å². The van der Waals surface area contributed by atoms with Gasteiger partial charge in [0.25, 0.3) is 0 Å². The van der Waals surface area contributed by atoms with Crippen LogP contribution < -0.4 is 5.32 Å². The van der Waals surface area contributed by atoms with E-state index in [-0.39, 0.29) is 24.3 Å². The van der Waals surface area contributed by atoms with Gasteiger partial charge in [-0.05, 0) is 51.0 Å². The van der Waals surface area contributed by atoms with Crippen molar-refractivity contribution in [3.63, 3.8) is 0 Å². The second-order valence-corrected chi connectivity index (χ2v) is 7.59. The molecule has 0 fully saturated rings. The number of carbonyl (C=O) groups is 2. The molecule has 144 valence electrons. The molecule has 0 aliphatic heterocycles. The summed E-state index contributed by atoms with van der Waals surface area (Å²) in [4.78, 5) is 27.2. The highest BCUT2D eigenvalue weighted by Crippen LogP contribution is 2.15. The molecular weight excluding hydrogens is 360 g/mol. The van der Waals surface area contributed by atoms with Crippen LogP contribution in [0.15, 0.2) is 48.5 Å². The van der Waals surface area contributed by atoms with E-state index in [1.165, 1.54) is 0 Å². The fourth-order valence-electron chi connectivity index (χ4n) is 2.87. The SMILES string of the molecule is Cc1cccc(CC(=O)N(Cc2ccc(Cl)cc2)[C@H](C)C(=O)NC(C)C)c1. The minimum atomic E-state index is -0.569. The summed E-state index contributed by atoms with van der Waals surface area (Å²) in [7, 11) is 0. The first-order valence-corrected chi connectivity index (χ1v) is 9.54. The van der Waals surface area contributed by atoms with Crippen LogP contribution >= 0.6 is 11.6 Å². The van der Waals surface area contributed by atoms with Crippen molar-refractivity contribution in [2.45, 2.75) is 52.7 Å². The summed E-state index contributed by atoms with van der Waals surface area (Å²) in [6, 6.07) is 14.7. The molecule has 2 rings (SSSR count). The molecule has 0 saturated heterocycles. The van der Waals surface area contributed by atoms with E-state index in [2.05, 4.69) is 5.32 Å². The first kappa shape index (κ1) is 21.0. The van der Waals surface area contributed by atoms with Gasteiger partial charge < -0.3 is 10.2 Å². The van der Waals surface area contributed by atoms with Crippen LogP contribution in [0.1, 0.15) is 37.5 Å². The monoisotopic (exact) mass is 386 g/mol. The van der Waals surface area contributed by atoms with Gasteiger partial charge in [-0.25, -0.2) is 0 Å². The number of rotatable bonds is 7. The number of carbonyl (C=O) groups excluding carboxylic acids is 2. The zero-order valence-electron chi connectivity index (χ0n) is 16.3. The molecule has 0 unspecified atom stereocenters. The number of nitrogens with one attached hydrogen (secondary N) is 1. The molecule has 0 aliphatic carbocycles. The van der Waals surface area contributed by atoms with Gasteiger partial charge in [-0.2, -0.15) is 0 Å². The summed E-state index contributed by atoms with van der Waals surface area (Å²) in [5, 5.41) is 3.53. The Bertz CT molecular complexity index is 787. The van der Waals surface area contributed by atoms with E-state index in [0.717, 1.165) is 16.7 Å². The quantitative estimate of drug-likeness (QED) is 0.777. The van der Waals surface area contributed by atoms with Crippen LogP contribution in [-0.4, -0.2) is 28.8 Å². The Morgan fingerprint density at radius 3 is 2.30 bits per heavy atom. The van der Waals surface area contributed by atoms with Gasteiger partial charge in [-0.3, -0.25) is 9.59 Å². The van der Waals surface area contributed by atoms with Gasteiger partial charge in [0, 0.05) is 17.6 Å². The first-order chi connectivity index (χ1) is 12.8. The maximum absolute atomic E-state index is 13.0. The molecule has 1 N–H and O–H groups in total. The molecule has 0 heterocycles. The van der Waals surface area contributed by atoms with Crippen LogP contribution in [0, 0.1) is 6.92 Å². The van der Waals surface area contributed by atoms with E-state index >= 15 is 0 Å². The van der Waals surface area contributed by atoms with Crippen molar-refractivity contribution in [1.82, 2.24) is 10.2 Å². The lowest BCUT2D eigenvalue weighted by molar-refractivity contribution is -0.140. The third-order valence-corrected chi connectivity index (χ3v) is 4.55. The Hall–Kier alpha value is -2.33. The van der Waals surface area contributed by atoms with Gasteiger partial charge in [0.1, 0.15) is 6.04 Å². The minimum Gasteiger partial charge on any atom is -0.352 e. The number of nitrogens with zero attached hydrogens (tertiary/aromatic N) is 1. The zero-order chi connectivity index (χ0) is 20.0. The number of amides is 2. The Morgan fingerprint density at radius 2 is 1.70 bits per heavy atom. The highest BCUT2D eigenvalue weighted by molar-refractivity contribution is 6.30. The zero-order valence-corrected chi connectivity index (χ0v) is 17.1. The van der Waals surface area contributed by atoms with E-state index in [0.29, 0.717) is 11.6 Å². The summed E-state index contributed by atoms with van der Waals surface area (Å²) in [6.45, 7) is 7.93. The van der Waals surface area contributed by atoms with Crippen molar-refractivity contribution < 1.29 is 9.59 Å². The lowest BCUT2D eigenvalue weighted by Gasteiger charge is -2.29. The summed E-state index contributed by atoms with van der Waals surface area (Å²) in [5.74, 6) is -0.237. The van der Waals surface area contributed by atoms with Crippen molar-refractivity contribution in [3.05, 3.63) is 70.2 Å². The molecular formula is C22H27ClN2O2. The van der Waals surface area contributed by atoms with E-state index in [4.69, 9.17) is 11.6 Å². The summed E-state index contributed by atoms with van der Waals surface area (Å²) >= 11 is 5.96. The van der Waals surface area contributed by atoms with Crippen LogP contribution in [0.25, 0.3) is 0 Å². The average Bonchev–Trinajstić information content (AvgIpc) is 2.60. The smallest absolute Gasteiger partial charge is 0.242 e. The number of hydrogen-bond acceptors (Lipinski definition) is 2. The molecule has 0 radical (unpaired) electrons. The Labute approximate surface area is 166 Å². The van der Waals surface area contributed by atoms with Gasteiger partial charge in [-0.1, -0.05) is 53.6 Å². The van der Waals surface area contributed by atoms with Crippen molar-refractivity contribution in [3.8, 4) is 0 Å². The molecule has 2 amide bonds. The molecule has 4 nitrogen and oxygen atoms in total. The molecule has 0 saturated carbocycles. The number of halogens is 1. The molecule has 0 aromatic heterocycles. The number of benzene rings is 2. The van der Waals surface area contributed by atoms with E-state index < -0.39 is 6.04 Å². The Kier molecular flexibility index (Phi) is 7.43. The van der Waals surface area contributed by atoms with Crippen molar-refractivity contribution in [1.29, 1.82) is 0 Å². The van der Waals surface area contributed by atoms with Crippen molar-refractivity contribution in [2.75, 3.05) is 0 Å². The van der Waals surface area contributed by atoms with Gasteiger partial charge >= 0.3 is 0 Å². The predicted molar refractivity (Wildman–Crippen MR) is 110 cm³/mol. The third kappa shape index (κ3) is 6.40. The van der Waals surface area contributed by atoms with Gasteiger partial charge in [0.05, 0.1) is 6.42 Å². The van der Waals surface area contributed by atoms with E-state index in [1.54, 1.807) is 24.0 Å². The molecule has 2 aromatic rings. The molecule has 0 spiro atoms. The number of aryl methyl sites for hydroxylation is 1. The maximum atomic E-state index is 13.0. The largest absolute Gasteiger partial charge is 0.352 e. The van der Waals surface area contributed by atoms with Crippen LogP contribution in [-0.2, 0) is 22.6 Å². The van der Waals surface area contributed by atoms with Gasteiger partial charge in [0.15, 0.2) is 0 Å². The van der Waals surface area contributed by atoms with Crippen molar-refractivity contribution in [2.24, 2.45) is 0 Å². The minimum absolute atomic E-state index is 0.0178. The molecule has 0 aliphatic rings. The van der Waals surface area contributed by atoms with Crippen LogP contribution in [0.2, 0.25) is 5.02 Å². The second kappa shape index (κ2) is 9.56. The molecule has 27 heavy (non-hydrogen) atoms. The standard InChI is InChI=1S/C22H27ClN2O2/c1-15(2)24-22(27)17(4)25(14-18-8-10-20(23)11-9-18)21(26)13-19-7-5-6-16(3)12-19/h5-12,15,17H,13-14H2,1-4H3,(H,24,27)/t17-/m1/s1. The summed E-state index contributed by atoms with van der Waals surface area (Å²) in [5.41, 5.74) is 2.98. The van der Waals surface area contributed by atoms with E-state index in [9.17, 15) is 9.59 Å². The lowest BCUT2D eigenvalue weighted by Crippen LogP contribution is -2.49. The Morgan fingerprint density at radius 1 is 1.04 bits per heavy atom. The highest BCUT2D eigenvalue weighted by Gasteiger charge is 2.26. The average molecular weight is 387 g/mol. The fraction of sp³-hybridized carbons (Fsp3) is 0.364. The molecule has 5 heteroatoms. The topological polar surface area (TPSA) is 49.4 Å². The maximum Gasteiger partial charge on any atom is 0.242 e. The summed E-state index contributed by atoms with van der Waals surface area (Å²) < 4.78 is 0. The molecule has 2 aromatic carbocycles. The van der Waals surface area contributed by atoms with Crippen LogP contribution in [0.4, 0.5) is 0 Å². The Balaban J connectivity index is 2.22. The molecule has 1 atom stereocenters. The fourth-order valence-corrected chi connectivity index (χ4v) is 3.00. The van der Waals surface area contributed by atoms with Crippen molar-refractivity contribution >= 4 is 23.4 Å². The molecule has 0 bridgehead atoms. The summed E-state index contributed by atoms with van der Waals surface area (Å²) in [6.07, 6.45) is 0.259. The van der Waals surface area contributed by atoms with Crippen LogP contribution in [0.3, 0.4) is 0 Å². The van der Waals surface area contributed by atoms with Gasteiger partial charge in [-0.15, -0.1) is 0 Å². The normalized spacial score (nSPS) is 11.9.